The van der Waals surface area contributed by atoms with Crippen LogP contribution in [-0.4, -0.2) is 19.7 Å². The number of nitrogens with zero attached hydrogens (tertiary/aromatic N) is 4. The molecule has 0 radical (unpaired) electrons. The average molecular weight is 227 g/mol. The van der Waals surface area contributed by atoms with Crippen LogP contribution in [0.5, 0.6) is 0 Å². The van der Waals surface area contributed by atoms with E-state index in [0.717, 1.165) is 0 Å². The second kappa shape index (κ2) is 3.82. The molecule has 0 spiro atoms. The van der Waals surface area contributed by atoms with Gasteiger partial charge in [-0.05, 0) is 6.92 Å². The summed E-state index contributed by atoms with van der Waals surface area (Å²) in [5, 5.41) is 3.78. The maximum absolute atomic E-state index is 11.4. The van der Waals surface area contributed by atoms with E-state index >= 15 is 0 Å². The zero-order valence-electron chi connectivity index (χ0n) is 7.85. The molecule has 0 saturated carbocycles. The first-order valence-corrected chi connectivity index (χ1v) is 4.54. The summed E-state index contributed by atoms with van der Waals surface area (Å²) >= 11 is 5.55. The van der Waals surface area contributed by atoms with Crippen molar-refractivity contribution in [2.75, 3.05) is 0 Å². The maximum Gasteiger partial charge on any atom is 0.255 e. The van der Waals surface area contributed by atoms with Crippen LogP contribution in [-0.2, 0) is 6.54 Å². The minimum atomic E-state index is -0.258. The van der Waals surface area contributed by atoms with Gasteiger partial charge in [0.05, 0.1) is 6.33 Å². The van der Waals surface area contributed by atoms with Crippen molar-refractivity contribution in [3.63, 3.8) is 0 Å². The van der Waals surface area contributed by atoms with Crippen LogP contribution in [0.2, 0.25) is 5.15 Å². The molecule has 0 amide bonds. The molecule has 2 aromatic rings. The lowest BCUT2D eigenvalue weighted by molar-refractivity contribution is 0.365. The molecule has 0 aliphatic heterocycles. The monoisotopic (exact) mass is 226 g/mol. The first-order chi connectivity index (χ1) is 7.15. The highest BCUT2D eigenvalue weighted by Crippen LogP contribution is 2.00. The average Bonchev–Trinajstić information content (AvgIpc) is 2.56. The Morgan fingerprint density at radius 2 is 2.40 bits per heavy atom. The van der Waals surface area contributed by atoms with Crippen LogP contribution in [0.25, 0.3) is 0 Å². The topological polar surface area (TPSA) is 73.8 Å². The van der Waals surface area contributed by atoms with Crippen LogP contribution in [0.4, 0.5) is 0 Å². The van der Waals surface area contributed by atoms with Crippen molar-refractivity contribution >= 4 is 11.6 Å². The normalized spacial score (nSPS) is 10.5. The third-order valence-electron chi connectivity index (χ3n) is 1.72. The van der Waals surface area contributed by atoms with Crippen LogP contribution in [0, 0.1) is 6.92 Å². The van der Waals surface area contributed by atoms with Gasteiger partial charge < -0.3 is 4.52 Å². The summed E-state index contributed by atoms with van der Waals surface area (Å²) in [7, 11) is 0. The van der Waals surface area contributed by atoms with Gasteiger partial charge in [-0.3, -0.25) is 9.36 Å². The van der Waals surface area contributed by atoms with Crippen LogP contribution >= 0.6 is 11.6 Å². The maximum atomic E-state index is 11.4. The molecule has 0 saturated heterocycles. The number of halogens is 1. The first-order valence-electron chi connectivity index (χ1n) is 4.16. The summed E-state index contributed by atoms with van der Waals surface area (Å²) in [4.78, 5) is 19.2. The van der Waals surface area contributed by atoms with Crippen LogP contribution in [0.3, 0.4) is 0 Å². The highest BCUT2D eigenvalue weighted by atomic mass is 35.5. The van der Waals surface area contributed by atoms with Gasteiger partial charge in [-0.25, -0.2) is 4.98 Å². The molecule has 0 unspecified atom stereocenters. The standard InChI is InChI=1S/C8H7ClN4O2/c1-5-11-7(15-12-5)3-13-4-10-6(9)2-8(13)14/h2,4H,3H2,1H3. The van der Waals surface area contributed by atoms with Gasteiger partial charge in [-0.2, -0.15) is 4.98 Å². The molecule has 2 aromatic heterocycles. The van der Waals surface area contributed by atoms with Crippen molar-refractivity contribution in [3.05, 3.63) is 39.6 Å². The molecule has 6 nitrogen and oxygen atoms in total. The summed E-state index contributed by atoms with van der Waals surface area (Å²) in [6.07, 6.45) is 1.34. The molecule has 0 bridgehead atoms. The van der Waals surface area contributed by atoms with E-state index in [1.807, 2.05) is 0 Å². The molecule has 0 aromatic carbocycles. The number of aryl methyl sites for hydroxylation is 1. The fourth-order valence-electron chi connectivity index (χ4n) is 1.07. The highest BCUT2D eigenvalue weighted by molar-refractivity contribution is 6.29. The third-order valence-corrected chi connectivity index (χ3v) is 1.93. The Bertz CT molecular complexity index is 533. The number of hydrogen-bond donors (Lipinski definition) is 0. The number of rotatable bonds is 2. The molecule has 15 heavy (non-hydrogen) atoms. The molecule has 78 valence electrons. The highest BCUT2D eigenvalue weighted by Gasteiger charge is 2.05. The van der Waals surface area contributed by atoms with Gasteiger partial charge in [0.15, 0.2) is 5.82 Å². The Labute approximate surface area is 89.5 Å². The van der Waals surface area contributed by atoms with Crippen molar-refractivity contribution in [2.45, 2.75) is 13.5 Å². The van der Waals surface area contributed by atoms with Crippen molar-refractivity contribution in [1.82, 2.24) is 19.7 Å². The van der Waals surface area contributed by atoms with E-state index in [1.54, 1.807) is 6.92 Å². The molecule has 2 rings (SSSR count). The molecular weight excluding hydrogens is 220 g/mol. The second-order valence-corrected chi connectivity index (χ2v) is 3.30. The van der Waals surface area contributed by atoms with Gasteiger partial charge in [0.25, 0.3) is 5.56 Å². The van der Waals surface area contributed by atoms with Gasteiger partial charge in [-0.15, -0.1) is 0 Å². The van der Waals surface area contributed by atoms with Gasteiger partial charge in [0, 0.05) is 6.07 Å². The Morgan fingerprint density at radius 1 is 1.60 bits per heavy atom. The molecular formula is C8H7ClN4O2. The summed E-state index contributed by atoms with van der Waals surface area (Å²) < 4.78 is 6.20. The molecule has 0 N–H and O–H groups in total. The Kier molecular flexibility index (Phi) is 2.51. The Morgan fingerprint density at radius 3 is 3.00 bits per heavy atom. The first kappa shape index (κ1) is 9.85. The largest absolute Gasteiger partial charge is 0.337 e. The van der Waals surface area contributed by atoms with E-state index < -0.39 is 0 Å². The van der Waals surface area contributed by atoms with Gasteiger partial charge in [0.2, 0.25) is 5.89 Å². The van der Waals surface area contributed by atoms with Crippen LogP contribution in [0.15, 0.2) is 21.7 Å². The minimum Gasteiger partial charge on any atom is -0.337 e. The van der Waals surface area contributed by atoms with E-state index in [9.17, 15) is 4.79 Å². The molecule has 2 heterocycles. The summed E-state index contributed by atoms with van der Waals surface area (Å²) in [6.45, 7) is 1.90. The summed E-state index contributed by atoms with van der Waals surface area (Å²) in [5.74, 6) is 0.888. The molecule has 0 fully saturated rings. The van der Waals surface area contributed by atoms with E-state index in [4.69, 9.17) is 16.1 Å². The van der Waals surface area contributed by atoms with E-state index in [1.165, 1.54) is 17.0 Å². The lowest BCUT2D eigenvalue weighted by Crippen LogP contribution is -2.20. The SMILES string of the molecule is Cc1noc(Cn2cnc(Cl)cc2=O)n1. The molecule has 0 aliphatic carbocycles. The van der Waals surface area contributed by atoms with Crippen molar-refractivity contribution < 1.29 is 4.52 Å². The predicted molar refractivity (Wildman–Crippen MR) is 51.6 cm³/mol. The summed E-state index contributed by atoms with van der Waals surface area (Å²) in [5.41, 5.74) is -0.258. The van der Waals surface area contributed by atoms with E-state index in [2.05, 4.69) is 15.1 Å². The van der Waals surface area contributed by atoms with Crippen LogP contribution in [0.1, 0.15) is 11.7 Å². The van der Waals surface area contributed by atoms with E-state index in [0.29, 0.717) is 11.7 Å². The molecule has 7 heteroatoms. The minimum absolute atomic E-state index is 0.165. The fraction of sp³-hybridized carbons (Fsp3) is 0.250. The zero-order valence-corrected chi connectivity index (χ0v) is 8.60. The van der Waals surface area contributed by atoms with Crippen molar-refractivity contribution in [1.29, 1.82) is 0 Å². The number of aromatic nitrogens is 4. The zero-order chi connectivity index (χ0) is 10.8. The van der Waals surface area contributed by atoms with Gasteiger partial charge in [-0.1, -0.05) is 16.8 Å². The fourth-order valence-corrected chi connectivity index (χ4v) is 1.21. The van der Waals surface area contributed by atoms with Gasteiger partial charge >= 0.3 is 0 Å². The van der Waals surface area contributed by atoms with Crippen LogP contribution < -0.4 is 5.56 Å². The summed E-state index contributed by atoms with van der Waals surface area (Å²) in [6, 6.07) is 1.23. The van der Waals surface area contributed by atoms with Crippen molar-refractivity contribution in [2.24, 2.45) is 0 Å². The van der Waals surface area contributed by atoms with Crippen molar-refractivity contribution in [3.8, 4) is 0 Å². The Balaban J connectivity index is 2.28. The quantitative estimate of drug-likeness (QED) is 0.703. The number of hydrogen-bond acceptors (Lipinski definition) is 5. The smallest absolute Gasteiger partial charge is 0.255 e. The lowest BCUT2D eigenvalue weighted by atomic mass is 10.5. The van der Waals surface area contributed by atoms with Gasteiger partial charge in [0.1, 0.15) is 11.7 Å². The van der Waals surface area contributed by atoms with E-state index in [-0.39, 0.29) is 17.3 Å². The Hall–Kier alpha value is -1.69. The molecule has 0 aliphatic rings. The second-order valence-electron chi connectivity index (χ2n) is 2.91. The molecule has 0 atom stereocenters. The lowest BCUT2D eigenvalue weighted by Gasteiger charge is -1.99. The third kappa shape index (κ3) is 2.21. The predicted octanol–water partition coefficient (Wildman–Crippen LogP) is 0.636.